The highest BCUT2D eigenvalue weighted by molar-refractivity contribution is 7.89. The molecule has 0 saturated carbocycles. The Kier molecular flexibility index (Phi) is 3.50. The molecule has 0 aromatic carbocycles. The number of sulfonamides is 1. The van der Waals surface area contributed by atoms with E-state index in [0.717, 1.165) is 5.69 Å². The van der Waals surface area contributed by atoms with Gasteiger partial charge in [0.05, 0.1) is 12.5 Å². The molecule has 3 aromatic heterocycles. The monoisotopic (exact) mass is 348 g/mol. The van der Waals surface area contributed by atoms with E-state index in [-0.39, 0.29) is 5.03 Å². The number of fused-ring (bicyclic) bond motifs is 1. The third-order valence-electron chi connectivity index (χ3n) is 3.98. The fourth-order valence-corrected chi connectivity index (χ4v) is 4.00. The molecule has 0 unspecified atom stereocenters. The number of rotatable bonds is 3. The van der Waals surface area contributed by atoms with Crippen molar-refractivity contribution >= 4 is 27.3 Å². The van der Waals surface area contributed by atoms with E-state index in [1.54, 1.807) is 0 Å². The van der Waals surface area contributed by atoms with Crippen LogP contribution in [0.2, 0.25) is 0 Å². The zero-order valence-corrected chi connectivity index (χ0v) is 13.8. The van der Waals surface area contributed by atoms with Crippen molar-refractivity contribution in [1.82, 2.24) is 24.2 Å². The van der Waals surface area contributed by atoms with Gasteiger partial charge in [-0.1, -0.05) is 0 Å². The first-order chi connectivity index (χ1) is 11.5. The lowest BCUT2D eigenvalue weighted by molar-refractivity contribution is 0.372. The maximum absolute atomic E-state index is 12.5. The summed E-state index contributed by atoms with van der Waals surface area (Å²) in [5.74, 6) is 0. The topological polar surface area (TPSA) is 108 Å². The summed E-state index contributed by atoms with van der Waals surface area (Å²) in [4.78, 5) is 17.1. The van der Waals surface area contributed by atoms with Crippen LogP contribution in [0.5, 0.6) is 0 Å². The number of aryl methyl sites for hydroxylation is 1. The number of nitrogens with zero attached hydrogens (tertiary/aromatic N) is 5. The molecule has 3 aromatic rings. The van der Waals surface area contributed by atoms with E-state index < -0.39 is 10.0 Å². The molecule has 0 bridgehead atoms. The van der Waals surface area contributed by atoms with E-state index in [4.69, 9.17) is 4.42 Å². The molecule has 0 radical (unpaired) electrons. The Morgan fingerprint density at radius 1 is 1.17 bits per heavy atom. The Balaban J connectivity index is 1.51. The largest absolute Gasteiger partial charge is 0.422 e. The van der Waals surface area contributed by atoms with Crippen molar-refractivity contribution in [2.24, 2.45) is 0 Å². The first-order valence-electron chi connectivity index (χ1n) is 7.52. The van der Waals surface area contributed by atoms with Gasteiger partial charge < -0.3 is 14.3 Å². The molecule has 24 heavy (non-hydrogen) atoms. The van der Waals surface area contributed by atoms with Crippen LogP contribution in [-0.4, -0.2) is 58.8 Å². The van der Waals surface area contributed by atoms with Crippen LogP contribution < -0.4 is 4.90 Å². The van der Waals surface area contributed by atoms with Crippen LogP contribution in [0.1, 0.15) is 5.69 Å². The Morgan fingerprint density at radius 3 is 2.67 bits per heavy atom. The summed E-state index contributed by atoms with van der Waals surface area (Å²) in [6, 6.07) is 4.18. The number of nitrogens with one attached hydrogen (secondary N) is 1. The van der Waals surface area contributed by atoms with Gasteiger partial charge in [-0.3, -0.25) is 0 Å². The minimum atomic E-state index is -3.53. The second-order valence-electron chi connectivity index (χ2n) is 5.58. The maximum Gasteiger partial charge on any atom is 0.300 e. The van der Waals surface area contributed by atoms with Crippen LogP contribution in [0.15, 0.2) is 34.1 Å². The lowest BCUT2D eigenvalue weighted by Gasteiger charge is -2.32. The molecule has 0 atom stereocenters. The molecule has 1 N–H and O–H groups in total. The number of imidazole rings is 1. The highest BCUT2D eigenvalue weighted by Gasteiger charge is 2.30. The van der Waals surface area contributed by atoms with Crippen LogP contribution in [0.4, 0.5) is 6.01 Å². The van der Waals surface area contributed by atoms with Crippen LogP contribution in [-0.2, 0) is 10.0 Å². The highest BCUT2D eigenvalue weighted by atomic mass is 32.2. The molecule has 10 heteroatoms. The molecule has 1 saturated heterocycles. The molecule has 126 valence electrons. The number of hydrogen-bond acceptors (Lipinski definition) is 7. The average Bonchev–Trinajstić information content (AvgIpc) is 3.24. The first kappa shape index (κ1) is 15.1. The second-order valence-corrected chi connectivity index (χ2v) is 7.48. The lowest BCUT2D eigenvalue weighted by atomic mass is 10.4. The summed E-state index contributed by atoms with van der Waals surface area (Å²) < 4.78 is 32.1. The van der Waals surface area contributed by atoms with Gasteiger partial charge in [-0.25, -0.2) is 18.4 Å². The summed E-state index contributed by atoms with van der Waals surface area (Å²) in [5.41, 5.74) is 2.07. The molecule has 1 fully saturated rings. The normalized spacial score (nSPS) is 16.8. The number of piperazine rings is 1. The standard InChI is InChI=1S/C14H16N6O3S/c1-10-2-3-11-13(17-10)18-14(23-11)19-4-6-20(7-5-19)24(21,22)12-8-15-9-16-12/h2-3,8-9H,4-7H2,1H3,(H,15,16). The van der Waals surface area contributed by atoms with E-state index in [9.17, 15) is 8.42 Å². The van der Waals surface area contributed by atoms with Crippen LogP contribution >= 0.6 is 0 Å². The van der Waals surface area contributed by atoms with E-state index in [2.05, 4.69) is 19.9 Å². The van der Waals surface area contributed by atoms with E-state index in [1.807, 2.05) is 24.0 Å². The molecular weight excluding hydrogens is 332 g/mol. The van der Waals surface area contributed by atoms with Gasteiger partial charge in [0.1, 0.15) is 0 Å². The fourth-order valence-electron chi connectivity index (χ4n) is 2.68. The molecule has 4 heterocycles. The molecule has 0 spiro atoms. The number of anilines is 1. The van der Waals surface area contributed by atoms with Gasteiger partial charge in [0.25, 0.3) is 16.0 Å². The summed E-state index contributed by atoms with van der Waals surface area (Å²) in [7, 11) is -3.53. The van der Waals surface area contributed by atoms with Crippen LogP contribution in [0.25, 0.3) is 11.2 Å². The lowest BCUT2D eigenvalue weighted by Crippen LogP contribution is -2.48. The van der Waals surface area contributed by atoms with Crippen molar-refractivity contribution < 1.29 is 12.8 Å². The van der Waals surface area contributed by atoms with Gasteiger partial charge >= 0.3 is 0 Å². The molecule has 0 amide bonds. The van der Waals surface area contributed by atoms with Crippen LogP contribution in [0.3, 0.4) is 0 Å². The average molecular weight is 348 g/mol. The van der Waals surface area contributed by atoms with Crippen molar-refractivity contribution in [3.8, 4) is 0 Å². The number of H-pyrrole nitrogens is 1. The van der Waals surface area contributed by atoms with Crippen molar-refractivity contribution in [2.45, 2.75) is 11.9 Å². The van der Waals surface area contributed by atoms with Gasteiger partial charge in [0, 0.05) is 31.9 Å². The molecule has 9 nitrogen and oxygen atoms in total. The number of aromatic amines is 1. The molecular formula is C14H16N6O3S. The molecule has 0 aliphatic carbocycles. The summed E-state index contributed by atoms with van der Waals surface area (Å²) >= 11 is 0. The van der Waals surface area contributed by atoms with Crippen molar-refractivity contribution in [2.75, 3.05) is 31.1 Å². The Bertz CT molecular complexity index is 958. The SMILES string of the molecule is Cc1ccc2oc(N3CCN(S(=O)(=O)c4cnc[nH]4)CC3)nc2n1. The Morgan fingerprint density at radius 2 is 1.96 bits per heavy atom. The molecule has 4 rings (SSSR count). The summed E-state index contributed by atoms with van der Waals surface area (Å²) in [5, 5.41) is 0.109. The molecule has 1 aliphatic heterocycles. The quantitative estimate of drug-likeness (QED) is 0.744. The van der Waals surface area contributed by atoms with Gasteiger partial charge in [-0.05, 0) is 19.1 Å². The predicted molar refractivity (Wildman–Crippen MR) is 86.1 cm³/mol. The minimum absolute atomic E-state index is 0.109. The van der Waals surface area contributed by atoms with Gasteiger partial charge in [-0.2, -0.15) is 9.29 Å². The van der Waals surface area contributed by atoms with Crippen molar-refractivity contribution in [3.63, 3.8) is 0 Å². The minimum Gasteiger partial charge on any atom is -0.422 e. The zero-order chi connectivity index (χ0) is 16.7. The van der Waals surface area contributed by atoms with Gasteiger partial charge in [-0.15, -0.1) is 0 Å². The predicted octanol–water partition coefficient (Wildman–Crippen LogP) is 0.765. The van der Waals surface area contributed by atoms with Gasteiger partial charge in [0.2, 0.25) is 5.65 Å². The number of oxazole rings is 1. The van der Waals surface area contributed by atoms with E-state index >= 15 is 0 Å². The summed E-state index contributed by atoms with van der Waals surface area (Å²) in [6.45, 7) is 3.60. The smallest absolute Gasteiger partial charge is 0.300 e. The second kappa shape index (κ2) is 5.56. The first-order valence-corrected chi connectivity index (χ1v) is 8.96. The number of pyridine rings is 1. The van der Waals surface area contributed by atoms with E-state index in [1.165, 1.54) is 16.8 Å². The number of aromatic nitrogens is 4. The third-order valence-corrected chi connectivity index (χ3v) is 5.81. The Hall–Kier alpha value is -2.46. The van der Waals surface area contributed by atoms with Crippen molar-refractivity contribution in [1.29, 1.82) is 0 Å². The number of hydrogen-bond donors (Lipinski definition) is 1. The molecule has 1 aliphatic rings. The van der Waals surface area contributed by atoms with Crippen molar-refractivity contribution in [3.05, 3.63) is 30.4 Å². The zero-order valence-electron chi connectivity index (χ0n) is 13.0. The fraction of sp³-hybridized carbons (Fsp3) is 0.357. The summed E-state index contributed by atoms with van der Waals surface area (Å²) in [6.07, 6.45) is 2.67. The highest BCUT2D eigenvalue weighted by Crippen LogP contribution is 2.23. The van der Waals surface area contributed by atoms with Crippen LogP contribution in [0, 0.1) is 6.92 Å². The van der Waals surface area contributed by atoms with E-state index in [0.29, 0.717) is 43.4 Å². The Labute approximate surface area is 138 Å². The maximum atomic E-state index is 12.5. The van der Waals surface area contributed by atoms with Gasteiger partial charge in [0.15, 0.2) is 10.6 Å². The third kappa shape index (κ3) is 2.53.